The van der Waals surface area contributed by atoms with E-state index in [9.17, 15) is 14.4 Å². The molecule has 3 amide bonds. The van der Waals surface area contributed by atoms with Gasteiger partial charge in [-0.1, -0.05) is 0 Å². The van der Waals surface area contributed by atoms with Crippen molar-refractivity contribution in [2.45, 2.75) is 6.92 Å². The molecule has 0 bridgehead atoms. The van der Waals surface area contributed by atoms with Crippen molar-refractivity contribution in [3.8, 4) is 11.5 Å². The van der Waals surface area contributed by atoms with Gasteiger partial charge in [-0.3, -0.25) is 14.4 Å². The Morgan fingerprint density at radius 3 is 2.42 bits per heavy atom. The first-order valence-electron chi connectivity index (χ1n) is 7.60. The lowest BCUT2D eigenvalue weighted by molar-refractivity contribution is -0.156. The predicted octanol–water partition coefficient (Wildman–Crippen LogP) is 0.333. The van der Waals surface area contributed by atoms with E-state index in [1.165, 1.54) is 24.0 Å². The number of carbonyl (C=O) groups excluding carboxylic acids is 3. The van der Waals surface area contributed by atoms with Crippen molar-refractivity contribution in [1.29, 1.82) is 0 Å². The Balaban J connectivity index is 2.04. The molecule has 1 N–H and O–H groups in total. The molecule has 24 heavy (non-hydrogen) atoms. The van der Waals surface area contributed by atoms with Crippen LogP contribution in [0.3, 0.4) is 0 Å². The van der Waals surface area contributed by atoms with E-state index in [-0.39, 0.29) is 6.54 Å². The first-order chi connectivity index (χ1) is 11.5. The van der Waals surface area contributed by atoms with Crippen molar-refractivity contribution in [2.75, 3.05) is 45.7 Å². The number of carbonyl (C=O) groups is 3. The van der Waals surface area contributed by atoms with Crippen LogP contribution in [0, 0.1) is 0 Å². The molecule has 0 atom stereocenters. The van der Waals surface area contributed by atoms with Crippen LogP contribution in [-0.4, -0.2) is 67.9 Å². The molecule has 0 saturated carbocycles. The zero-order valence-electron chi connectivity index (χ0n) is 14.0. The highest BCUT2D eigenvalue weighted by molar-refractivity contribution is 6.35. The number of amides is 3. The molecular formula is C16H21N3O5. The fraction of sp³-hybridized carbons (Fsp3) is 0.438. The molecule has 1 aromatic carbocycles. The van der Waals surface area contributed by atoms with Gasteiger partial charge in [0.05, 0.1) is 19.9 Å². The number of piperazine rings is 1. The van der Waals surface area contributed by atoms with Crippen LogP contribution in [0.25, 0.3) is 0 Å². The summed E-state index contributed by atoms with van der Waals surface area (Å²) in [7, 11) is 3.01. The molecule has 1 saturated heterocycles. The predicted molar refractivity (Wildman–Crippen MR) is 87.0 cm³/mol. The highest BCUT2D eigenvalue weighted by atomic mass is 16.5. The summed E-state index contributed by atoms with van der Waals surface area (Å²) in [6.07, 6.45) is 0. The Morgan fingerprint density at radius 2 is 1.79 bits per heavy atom. The maximum atomic E-state index is 12.2. The van der Waals surface area contributed by atoms with E-state index >= 15 is 0 Å². The van der Waals surface area contributed by atoms with Crippen molar-refractivity contribution in [3.63, 3.8) is 0 Å². The zero-order valence-corrected chi connectivity index (χ0v) is 14.0. The third kappa shape index (κ3) is 3.76. The first-order valence-corrected chi connectivity index (χ1v) is 7.60. The van der Waals surface area contributed by atoms with Gasteiger partial charge in [0.2, 0.25) is 5.91 Å². The minimum atomic E-state index is -0.657. The summed E-state index contributed by atoms with van der Waals surface area (Å²) in [5.74, 6) is -0.602. The van der Waals surface area contributed by atoms with Crippen LogP contribution in [0.5, 0.6) is 11.5 Å². The van der Waals surface area contributed by atoms with Crippen LogP contribution < -0.4 is 14.8 Å². The SMILES string of the molecule is CCN1CCN(CC(=O)Nc2cc(OC)ccc2OC)C(=O)C1=O. The number of nitrogens with zero attached hydrogens (tertiary/aromatic N) is 2. The molecular weight excluding hydrogens is 314 g/mol. The average Bonchev–Trinajstić information content (AvgIpc) is 2.59. The monoisotopic (exact) mass is 335 g/mol. The smallest absolute Gasteiger partial charge is 0.312 e. The second-order valence-corrected chi connectivity index (χ2v) is 5.23. The Hall–Kier alpha value is -2.77. The number of hydrogen-bond donors (Lipinski definition) is 1. The van der Waals surface area contributed by atoms with Crippen molar-refractivity contribution in [3.05, 3.63) is 18.2 Å². The van der Waals surface area contributed by atoms with Gasteiger partial charge in [0.15, 0.2) is 0 Å². The molecule has 1 fully saturated rings. The minimum absolute atomic E-state index is 0.192. The summed E-state index contributed by atoms with van der Waals surface area (Å²) in [6.45, 7) is 2.86. The lowest BCUT2D eigenvalue weighted by Crippen LogP contribution is -2.55. The molecule has 2 rings (SSSR count). The number of rotatable bonds is 6. The summed E-state index contributed by atoms with van der Waals surface area (Å²) >= 11 is 0. The fourth-order valence-corrected chi connectivity index (χ4v) is 2.44. The maximum absolute atomic E-state index is 12.2. The number of nitrogens with one attached hydrogen (secondary N) is 1. The lowest BCUT2D eigenvalue weighted by atomic mass is 10.2. The van der Waals surface area contributed by atoms with Crippen LogP contribution in [0.1, 0.15) is 6.92 Å². The van der Waals surface area contributed by atoms with Crippen molar-refractivity contribution < 1.29 is 23.9 Å². The molecule has 130 valence electrons. The van der Waals surface area contributed by atoms with Crippen LogP contribution >= 0.6 is 0 Å². The highest BCUT2D eigenvalue weighted by Crippen LogP contribution is 2.28. The average molecular weight is 335 g/mol. The van der Waals surface area contributed by atoms with Gasteiger partial charge in [-0.15, -0.1) is 0 Å². The van der Waals surface area contributed by atoms with E-state index in [2.05, 4.69) is 5.32 Å². The quantitative estimate of drug-likeness (QED) is 0.757. The summed E-state index contributed by atoms with van der Waals surface area (Å²) in [5.41, 5.74) is 0.438. The molecule has 0 radical (unpaired) electrons. The number of anilines is 1. The normalized spacial score (nSPS) is 14.6. The summed E-state index contributed by atoms with van der Waals surface area (Å²) in [4.78, 5) is 38.8. The van der Waals surface area contributed by atoms with Crippen molar-refractivity contribution in [2.24, 2.45) is 0 Å². The van der Waals surface area contributed by atoms with E-state index in [0.29, 0.717) is 36.8 Å². The van der Waals surface area contributed by atoms with E-state index < -0.39 is 17.7 Å². The van der Waals surface area contributed by atoms with Crippen LogP contribution in [-0.2, 0) is 14.4 Å². The van der Waals surface area contributed by atoms with Crippen molar-refractivity contribution in [1.82, 2.24) is 9.80 Å². The van der Waals surface area contributed by atoms with Gasteiger partial charge < -0.3 is 24.6 Å². The van der Waals surface area contributed by atoms with Crippen LogP contribution in [0.4, 0.5) is 5.69 Å². The number of methoxy groups -OCH3 is 2. The summed E-state index contributed by atoms with van der Waals surface area (Å²) < 4.78 is 10.3. The topological polar surface area (TPSA) is 88.2 Å². The molecule has 1 aromatic rings. The fourth-order valence-electron chi connectivity index (χ4n) is 2.44. The number of likely N-dealkylation sites (N-methyl/N-ethyl adjacent to an activating group) is 1. The third-order valence-corrected chi connectivity index (χ3v) is 3.79. The number of ether oxygens (including phenoxy) is 2. The Kier molecular flexibility index (Phi) is 5.62. The Labute approximate surface area is 140 Å². The van der Waals surface area contributed by atoms with Gasteiger partial charge in [-0.05, 0) is 19.1 Å². The van der Waals surface area contributed by atoms with Gasteiger partial charge >= 0.3 is 11.8 Å². The van der Waals surface area contributed by atoms with Gasteiger partial charge in [-0.25, -0.2) is 0 Å². The zero-order chi connectivity index (χ0) is 17.7. The second-order valence-electron chi connectivity index (χ2n) is 5.23. The molecule has 1 aliphatic heterocycles. The third-order valence-electron chi connectivity index (χ3n) is 3.79. The molecule has 8 nitrogen and oxygen atoms in total. The van der Waals surface area contributed by atoms with Crippen molar-refractivity contribution >= 4 is 23.4 Å². The standard InChI is InChI=1S/C16H21N3O5/c1-4-18-7-8-19(16(22)15(18)21)10-14(20)17-12-9-11(23-2)5-6-13(12)24-3/h5-6,9H,4,7-8,10H2,1-3H3,(H,17,20). The van der Waals surface area contributed by atoms with E-state index in [0.717, 1.165) is 0 Å². The highest BCUT2D eigenvalue weighted by Gasteiger charge is 2.32. The first kappa shape index (κ1) is 17.6. The summed E-state index contributed by atoms with van der Waals surface area (Å²) in [6, 6.07) is 5.00. The molecule has 1 aliphatic rings. The van der Waals surface area contributed by atoms with Gasteiger partial charge in [0.1, 0.15) is 18.0 Å². The van der Waals surface area contributed by atoms with E-state index in [1.807, 2.05) is 6.92 Å². The summed E-state index contributed by atoms with van der Waals surface area (Å²) in [5, 5.41) is 2.68. The van der Waals surface area contributed by atoms with E-state index in [4.69, 9.17) is 9.47 Å². The van der Waals surface area contributed by atoms with Gasteiger partial charge in [0, 0.05) is 25.7 Å². The molecule has 8 heteroatoms. The Bertz CT molecular complexity index is 647. The molecule has 0 aromatic heterocycles. The second kappa shape index (κ2) is 7.67. The number of hydrogen-bond acceptors (Lipinski definition) is 5. The lowest BCUT2D eigenvalue weighted by Gasteiger charge is -2.32. The molecule has 0 unspecified atom stereocenters. The van der Waals surface area contributed by atoms with Crippen LogP contribution in [0.2, 0.25) is 0 Å². The van der Waals surface area contributed by atoms with E-state index in [1.54, 1.807) is 18.2 Å². The Morgan fingerprint density at radius 1 is 1.12 bits per heavy atom. The molecule has 1 heterocycles. The number of benzene rings is 1. The largest absolute Gasteiger partial charge is 0.497 e. The van der Waals surface area contributed by atoms with Gasteiger partial charge in [0.25, 0.3) is 0 Å². The van der Waals surface area contributed by atoms with Gasteiger partial charge in [-0.2, -0.15) is 0 Å². The maximum Gasteiger partial charge on any atom is 0.312 e. The minimum Gasteiger partial charge on any atom is -0.497 e. The molecule has 0 aliphatic carbocycles. The van der Waals surface area contributed by atoms with Crippen LogP contribution in [0.15, 0.2) is 18.2 Å². The molecule has 0 spiro atoms.